The van der Waals surface area contributed by atoms with Crippen LogP contribution in [0, 0.1) is 5.82 Å². The van der Waals surface area contributed by atoms with Gasteiger partial charge in [-0.05, 0) is 49.1 Å². The van der Waals surface area contributed by atoms with Crippen molar-refractivity contribution in [2.75, 3.05) is 5.32 Å². The first-order valence-electron chi connectivity index (χ1n) is 9.23. The molecule has 1 aliphatic heterocycles. The van der Waals surface area contributed by atoms with Crippen molar-refractivity contribution in [2.24, 2.45) is 0 Å². The van der Waals surface area contributed by atoms with Gasteiger partial charge in [0, 0.05) is 23.1 Å². The predicted octanol–water partition coefficient (Wildman–Crippen LogP) is 5.46. The van der Waals surface area contributed by atoms with Crippen LogP contribution in [0.25, 0.3) is 22.8 Å². The fraction of sp³-hybridized carbons (Fsp3) is 0.174. The summed E-state index contributed by atoms with van der Waals surface area (Å²) >= 11 is 0. The number of hydrogen-bond acceptors (Lipinski definition) is 2. The van der Waals surface area contributed by atoms with Crippen LogP contribution < -0.4 is 5.32 Å². The van der Waals surface area contributed by atoms with E-state index >= 15 is 0 Å². The van der Waals surface area contributed by atoms with Gasteiger partial charge in [0.2, 0.25) is 0 Å². The topological polar surface area (TPSA) is 42.2 Å². The molecule has 4 heteroatoms. The standard InChI is InChI=1S/C23H18FNO2/c24-15-10-11-16-18(23(26)25-19(16)12-15)13-21-22(14-6-2-1-3-7-14)17-8-4-5-9-20(17)27-21/h1-3,6-7,10-13H,4-5,8-9H2,(H,25,26). The molecule has 1 aliphatic carbocycles. The minimum absolute atomic E-state index is 0.232. The first-order chi connectivity index (χ1) is 13.2. The van der Waals surface area contributed by atoms with Crippen LogP contribution in [-0.2, 0) is 17.6 Å². The lowest BCUT2D eigenvalue weighted by Gasteiger charge is -2.11. The molecule has 1 amide bonds. The Hall–Kier alpha value is -3.14. The molecular weight excluding hydrogens is 341 g/mol. The number of benzene rings is 2. The minimum atomic E-state index is -0.367. The van der Waals surface area contributed by atoms with Crippen molar-refractivity contribution in [3.8, 4) is 11.1 Å². The molecule has 134 valence electrons. The number of anilines is 1. The quantitative estimate of drug-likeness (QED) is 0.618. The largest absolute Gasteiger partial charge is 0.461 e. The van der Waals surface area contributed by atoms with Gasteiger partial charge in [-0.1, -0.05) is 30.3 Å². The number of carbonyl (C=O) groups excluding carboxylic acids is 1. The molecule has 0 fully saturated rings. The zero-order valence-electron chi connectivity index (χ0n) is 14.7. The Morgan fingerprint density at radius 2 is 1.85 bits per heavy atom. The highest BCUT2D eigenvalue weighted by atomic mass is 19.1. The maximum atomic E-state index is 13.5. The number of furan rings is 1. The molecule has 1 aromatic heterocycles. The van der Waals surface area contributed by atoms with Gasteiger partial charge in [-0.15, -0.1) is 0 Å². The molecule has 3 aromatic rings. The van der Waals surface area contributed by atoms with E-state index in [1.165, 1.54) is 17.7 Å². The van der Waals surface area contributed by atoms with Gasteiger partial charge in [0.05, 0.1) is 11.3 Å². The van der Waals surface area contributed by atoms with Crippen molar-refractivity contribution in [1.82, 2.24) is 0 Å². The molecule has 0 atom stereocenters. The average Bonchev–Trinajstić information content (AvgIpc) is 3.19. The van der Waals surface area contributed by atoms with Crippen LogP contribution in [0.2, 0.25) is 0 Å². The summed E-state index contributed by atoms with van der Waals surface area (Å²) in [7, 11) is 0. The molecule has 3 nitrogen and oxygen atoms in total. The van der Waals surface area contributed by atoms with E-state index in [0.717, 1.165) is 42.6 Å². The van der Waals surface area contributed by atoms with Gasteiger partial charge in [0.25, 0.3) is 5.91 Å². The van der Waals surface area contributed by atoms with Gasteiger partial charge in [-0.2, -0.15) is 0 Å². The van der Waals surface area contributed by atoms with Gasteiger partial charge in [-0.25, -0.2) is 4.39 Å². The lowest BCUT2D eigenvalue weighted by molar-refractivity contribution is -0.110. The zero-order valence-corrected chi connectivity index (χ0v) is 14.7. The Labute approximate surface area is 156 Å². The third-order valence-electron chi connectivity index (χ3n) is 5.30. The molecular formula is C23H18FNO2. The second-order valence-corrected chi connectivity index (χ2v) is 7.02. The molecule has 1 N–H and O–H groups in total. The fourth-order valence-corrected chi connectivity index (χ4v) is 4.05. The molecule has 2 aliphatic rings. The van der Waals surface area contributed by atoms with Crippen molar-refractivity contribution in [3.63, 3.8) is 0 Å². The van der Waals surface area contributed by atoms with Gasteiger partial charge in [-0.3, -0.25) is 4.79 Å². The zero-order chi connectivity index (χ0) is 18.4. The predicted molar refractivity (Wildman–Crippen MR) is 104 cm³/mol. The highest BCUT2D eigenvalue weighted by Gasteiger charge is 2.28. The highest BCUT2D eigenvalue weighted by molar-refractivity contribution is 6.35. The fourth-order valence-electron chi connectivity index (χ4n) is 4.05. The Balaban J connectivity index is 1.70. The summed E-state index contributed by atoms with van der Waals surface area (Å²) in [4.78, 5) is 12.5. The molecule has 0 unspecified atom stereocenters. The van der Waals surface area contributed by atoms with E-state index < -0.39 is 0 Å². The smallest absolute Gasteiger partial charge is 0.256 e. The van der Waals surface area contributed by atoms with Crippen LogP contribution >= 0.6 is 0 Å². The van der Waals surface area contributed by atoms with E-state index in [1.54, 1.807) is 12.1 Å². The third kappa shape index (κ3) is 2.69. The minimum Gasteiger partial charge on any atom is -0.461 e. The highest BCUT2D eigenvalue weighted by Crippen LogP contribution is 2.40. The molecule has 0 bridgehead atoms. The van der Waals surface area contributed by atoms with Gasteiger partial charge >= 0.3 is 0 Å². The van der Waals surface area contributed by atoms with Crippen molar-refractivity contribution >= 4 is 23.2 Å². The maximum Gasteiger partial charge on any atom is 0.256 e. The van der Waals surface area contributed by atoms with E-state index in [9.17, 15) is 9.18 Å². The first-order valence-corrected chi connectivity index (χ1v) is 9.23. The second-order valence-electron chi connectivity index (χ2n) is 7.02. The molecule has 5 rings (SSSR count). The monoisotopic (exact) mass is 359 g/mol. The van der Waals surface area contributed by atoms with E-state index in [0.29, 0.717) is 22.6 Å². The number of nitrogens with one attached hydrogen (secondary N) is 1. The van der Waals surface area contributed by atoms with E-state index in [4.69, 9.17) is 4.42 Å². The third-order valence-corrected chi connectivity index (χ3v) is 5.30. The summed E-state index contributed by atoms with van der Waals surface area (Å²) in [5.74, 6) is 1.12. The van der Waals surface area contributed by atoms with Crippen LogP contribution in [0.3, 0.4) is 0 Å². The van der Waals surface area contributed by atoms with Crippen LogP contribution in [0.1, 0.15) is 35.5 Å². The SMILES string of the molecule is O=C1Nc2cc(F)ccc2C1=Cc1oc2c(c1-c1ccccc1)CCCC2. The first kappa shape index (κ1) is 16.1. The molecule has 0 spiro atoms. The molecule has 2 aromatic carbocycles. The number of hydrogen-bond donors (Lipinski definition) is 1. The second kappa shape index (κ2) is 6.23. The number of aryl methyl sites for hydroxylation is 1. The molecule has 0 saturated heterocycles. The van der Waals surface area contributed by atoms with Crippen molar-refractivity contribution < 1.29 is 13.6 Å². The summed E-state index contributed by atoms with van der Waals surface area (Å²) in [6.07, 6.45) is 5.98. The molecule has 0 saturated carbocycles. The van der Waals surface area contributed by atoms with Gasteiger partial charge < -0.3 is 9.73 Å². The Morgan fingerprint density at radius 1 is 1.04 bits per heavy atom. The lowest BCUT2D eigenvalue weighted by atomic mass is 9.91. The Bertz CT molecular complexity index is 1080. The number of amides is 1. The number of fused-ring (bicyclic) bond motifs is 2. The lowest BCUT2D eigenvalue weighted by Crippen LogP contribution is -2.03. The molecule has 2 heterocycles. The van der Waals surface area contributed by atoms with Gasteiger partial charge in [0.15, 0.2) is 0 Å². The van der Waals surface area contributed by atoms with Crippen LogP contribution in [0.5, 0.6) is 0 Å². The summed E-state index contributed by atoms with van der Waals surface area (Å²) in [5.41, 5.74) is 5.12. The number of halogens is 1. The van der Waals surface area contributed by atoms with Gasteiger partial charge in [0.1, 0.15) is 17.3 Å². The average molecular weight is 359 g/mol. The summed E-state index contributed by atoms with van der Waals surface area (Å²) in [6.45, 7) is 0. The Kier molecular flexibility index (Phi) is 3.71. The van der Waals surface area contributed by atoms with Crippen LogP contribution in [0.15, 0.2) is 52.9 Å². The Morgan fingerprint density at radius 3 is 2.70 bits per heavy atom. The van der Waals surface area contributed by atoms with Crippen molar-refractivity contribution in [1.29, 1.82) is 0 Å². The van der Waals surface area contributed by atoms with E-state index in [2.05, 4.69) is 17.4 Å². The summed E-state index contributed by atoms with van der Waals surface area (Å²) in [6, 6.07) is 14.5. The molecule has 0 radical (unpaired) electrons. The van der Waals surface area contributed by atoms with Crippen molar-refractivity contribution in [3.05, 3.63) is 77.0 Å². The molecule has 27 heavy (non-hydrogen) atoms. The van der Waals surface area contributed by atoms with Crippen LogP contribution in [0.4, 0.5) is 10.1 Å². The number of carbonyl (C=O) groups is 1. The summed E-state index contributed by atoms with van der Waals surface area (Å²) < 4.78 is 19.7. The number of rotatable bonds is 2. The van der Waals surface area contributed by atoms with E-state index in [-0.39, 0.29) is 11.7 Å². The maximum absolute atomic E-state index is 13.5. The normalized spacial score (nSPS) is 16.9. The van der Waals surface area contributed by atoms with Crippen molar-refractivity contribution in [2.45, 2.75) is 25.7 Å². The summed E-state index contributed by atoms with van der Waals surface area (Å²) in [5, 5.41) is 2.74. The van der Waals surface area contributed by atoms with E-state index in [1.807, 2.05) is 18.2 Å². The van der Waals surface area contributed by atoms with Crippen LogP contribution in [-0.4, -0.2) is 5.91 Å².